The van der Waals surface area contributed by atoms with E-state index in [0.29, 0.717) is 0 Å². The molecule has 2 heterocycles. The van der Waals surface area contributed by atoms with Crippen molar-refractivity contribution in [3.63, 3.8) is 0 Å². The van der Waals surface area contributed by atoms with Crippen molar-refractivity contribution in [3.05, 3.63) is 12.0 Å². The molecule has 1 saturated heterocycles. The molecule has 2 aliphatic rings. The summed E-state index contributed by atoms with van der Waals surface area (Å²) in [5, 5.41) is 1.92. The van der Waals surface area contributed by atoms with Gasteiger partial charge in [0.05, 0.1) is 12.2 Å². The molecule has 40 valence electrons. The Morgan fingerprint density at radius 1 is 1.86 bits per heavy atom. The Labute approximate surface area is 41.3 Å². The van der Waals surface area contributed by atoms with Gasteiger partial charge in [0.15, 0.2) is 0 Å². The molecule has 0 radical (unpaired) electrons. The van der Waals surface area contributed by atoms with Crippen LogP contribution in [0.1, 0.15) is 0 Å². The smallest absolute Gasteiger partial charge is 0.136 e. The number of nitrogens with zero attached hydrogens (tertiary/aromatic N) is 1. The van der Waals surface area contributed by atoms with Crippen molar-refractivity contribution in [1.29, 1.82) is 0 Å². The molecule has 0 aromatic rings. The molecule has 0 unspecified atom stereocenters. The topological polar surface area (TPSA) is 59.3 Å². The quantitative estimate of drug-likeness (QED) is 0.413. The molecule has 4 nitrogen and oxygen atoms in total. The first-order valence-electron chi connectivity index (χ1n) is 1.85. The van der Waals surface area contributed by atoms with Gasteiger partial charge >= 0.3 is 0 Å². The first-order valence-corrected chi connectivity index (χ1v) is 1.85. The second-order valence-electron chi connectivity index (χ2n) is 1.40. The standard InChI is InChI=1S/C3H4N2O.H3N/c1-3-2-6-4-5(1)3;/h2,4H,1H2;1H3. The summed E-state index contributed by atoms with van der Waals surface area (Å²) in [4.78, 5) is 4.62. The Hall–Kier alpha value is -0.740. The molecule has 0 saturated carbocycles. The SMILES string of the molecule is C1=C2CN2NO1.N. The van der Waals surface area contributed by atoms with Crippen molar-refractivity contribution in [1.82, 2.24) is 16.7 Å². The minimum Gasteiger partial charge on any atom is -0.395 e. The lowest BCUT2D eigenvalue weighted by molar-refractivity contribution is 0.0695. The van der Waals surface area contributed by atoms with Crippen molar-refractivity contribution >= 4 is 0 Å². The van der Waals surface area contributed by atoms with E-state index in [0.717, 1.165) is 6.54 Å². The van der Waals surface area contributed by atoms with Crippen LogP contribution in [-0.2, 0) is 4.84 Å². The molecular formula is C3H7N3O. The molecule has 0 spiro atoms. The first kappa shape index (κ1) is 4.42. The van der Waals surface area contributed by atoms with Crippen LogP contribution in [0.15, 0.2) is 12.0 Å². The monoisotopic (exact) mass is 101 g/mol. The van der Waals surface area contributed by atoms with Crippen molar-refractivity contribution < 1.29 is 4.84 Å². The largest absolute Gasteiger partial charge is 0.395 e. The predicted molar refractivity (Wildman–Crippen MR) is 24.0 cm³/mol. The molecule has 0 atom stereocenters. The Morgan fingerprint density at radius 3 is 2.86 bits per heavy atom. The van der Waals surface area contributed by atoms with Crippen LogP contribution in [0.25, 0.3) is 0 Å². The fourth-order valence-electron chi connectivity index (χ4n) is 0.476. The number of hydrogen-bond acceptors (Lipinski definition) is 4. The predicted octanol–water partition coefficient (Wildman–Crippen LogP) is -0.245. The molecular weight excluding hydrogens is 94.1 g/mol. The zero-order chi connectivity index (χ0) is 3.98. The Morgan fingerprint density at radius 2 is 2.71 bits per heavy atom. The summed E-state index contributed by atoms with van der Waals surface area (Å²) in [5.74, 6) is 0. The zero-order valence-corrected chi connectivity index (χ0v) is 3.85. The van der Waals surface area contributed by atoms with Crippen molar-refractivity contribution in [3.8, 4) is 0 Å². The van der Waals surface area contributed by atoms with Crippen LogP contribution in [0.3, 0.4) is 0 Å². The van der Waals surface area contributed by atoms with E-state index in [1.165, 1.54) is 5.70 Å². The molecule has 2 rings (SSSR count). The highest BCUT2D eigenvalue weighted by molar-refractivity contribution is 5.15. The second-order valence-corrected chi connectivity index (χ2v) is 1.40. The van der Waals surface area contributed by atoms with Gasteiger partial charge in [-0.05, 0) is 0 Å². The van der Waals surface area contributed by atoms with Crippen LogP contribution < -0.4 is 11.7 Å². The summed E-state index contributed by atoms with van der Waals surface area (Å²) >= 11 is 0. The number of fused-ring (bicyclic) bond motifs is 1. The molecule has 0 aromatic carbocycles. The molecule has 4 heteroatoms. The van der Waals surface area contributed by atoms with E-state index in [1.54, 1.807) is 6.26 Å². The molecule has 1 fully saturated rings. The van der Waals surface area contributed by atoms with Gasteiger partial charge in [-0.2, -0.15) is 0 Å². The van der Waals surface area contributed by atoms with Crippen LogP contribution in [0.5, 0.6) is 0 Å². The van der Waals surface area contributed by atoms with Gasteiger partial charge in [-0.15, -0.1) is 0 Å². The average Bonchev–Trinajstić information content (AvgIpc) is 2.17. The van der Waals surface area contributed by atoms with Gasteiger partial charge in [0, 0.05) is 0 Å². The Balaban J connectivity index is 0.000000245. The highest BCUT2D eigenvalue weighted by Gasteiger charge is 2.30. The van der Waals surface area contributed by atoms with E-state index >= 15 is 0 Å². The van der Waals surface area contributed by atoms with Gasteiger partial charge in [-0.1, -0.05) is 5.59 Å². The van der Waals surface area contributed by atoms with Crippen LogP contribution in [0, 0.1) is 0 Å². The normalized spacial score (nSPS) is 21.7. The highest BCUT2D eigenvalue weighted by Crippen LogP contribution is 2.21. The van der Waals surface area contributed by atoms with Crippen LogP contribution >= 0.6 is 0 Å². The molecule has 4 N–H and O–H groups in total. The van der Waals surface area contributed by atoms with Crippen LogP contribution in [0.2, 0.25) is 0 Å². The molecule has 0 aromatic heterocycles. The number of hydrazine groups is 1. The van der Waals surface area contributed by atoms with E-state index in [9.17, 15) is 0 Å². The van der Waals surface area contributed by atoms with Crippen molar-refractivity contribution in [2.75, 3.05) is 6.54 Å². The summed E-state index contributed by atoms with van der Waals surface area (Å²) in [6, 6.07) is 0. The minimum absolute atomic E-state index is 0. The lowest BCUT2D eigenvalue weighted by atomic mass is 10.7. The summed E-state index contributed by atoms with van der Waals surface area (Å²) in [5.41, 5.74) is 3.88. The van der Waals surface area contributed by atoms with E-state index in [-0.39, 0.29) is 6.15 Å². The minimum atomic E-state index is 0. The lowest BCUT2D eigenvalue weighted by Crippen LogP contribution is -2.13. The van der Waals surface area contributed by atoms with Gasteiger partial charge in [0.25, 0.3) is 0 Å². The fraction of sp³-hybridized carbons (Fsp3) is 0.333. The van der Waals surface area contributed by atoms with Gasteiger partial charge in [-0.25, -0.2) is 0 Å². The van der Waals surface area contributed by atoms with Gasteiger partial charge in [0.2, 0.25) is 0 Å². The van der Waals surface area contributed by atoms with Gasteiger partial charge in [0.1, 0.15) is 6.26 Å². The van der Waals surface area contributed by atoms with Gasteiger partial charge < -0.3 is 11.0 Å². The molecule has 2 aliphatic heterocycles. The first-order chi connectivity index (χ1) is 2.97. The maximum atomic E-state index is 4.62. The molecule has 0 amide bonds. The third-order valence-electron chi connectivity index (χ3n) is 0.921. The summed E-state index contributed by atoms with van der Waals surface area (Å²) in [6.45, 7) is 1.04. The third-order valence-corrected chi connectivity index (χ3v) is 0.921. The van der Waals surface area contributed by atoms with E-state index in [4.69, 9.17) is 0 Å². The summed E-state index contributed by atoms with van der Waals surface area (Å²) < 4.78 is 0. The average molecular weight is 101 g/mol. The zero-order valence-electron chi connectivity index (χ0n) is 3.85. The van der Waals surface area contributed by atoms with E-state index < -0.39 is 0 Å². The number of nitrogens with one attached hydrogen (secondary N) is 1. The summed E-state index contributed by atoms with van der Waals surface area (Å²) in [7, 11) is 0. The number of rotatable bonds is 0. The molecule has 0 bridgehead atoms. The van der Waals surface area contributed by atoms with Crippen molar-refractivity contribution in [2.24, 2.45) is 0 Å². The Bertz CT molecular complexity index is 111. The molecule has 7 heavy (non-hydrogen) atoms. The maximum Gasteiger partial charge on any atom is 0.136 e. The third kappa shape index (κ3) is 0.441. The second kappa shape index (κ2) is 1.11. The van der Waals surface area contributed by atoms with Crippen LogP contribution in [-0.4, -0.2) is 11.6 Å². The summed E-state index contributed by atoms with van der Waals surface area (Å²) in [6.07, 6.45) is 1.71. The number of hydrogen-bond donors (Lipinski definition) is 2. The highest BCUT2D eigenvalue weighted by atomic mass is 16.7. The van der Waals surface area contributed by atoms with E-state index in [2.05, 4.69) is 10.4 Å². The van der Waals surface area contributed by atoms with Crippen LogP contribution in [0.4, 0.5) is 0 Å². The molecule has 0 aliphatic carbocycles. The van der Waals surface area contributed by atoms with E-state index in [1.807, 2.05) is 5.01 Å². The fourth-order valence-corrected chi connectivity index (χ4v) is 0.476. The Kier molecular flexibility index (Phi) is 0.703. The maximum absolute atomic E-state index is 4.62. The lowest BCUT2D eigenvalue weighted by Gasteiger charge is -1.92. The van der Waals surface area contributed by atoms with Gasteiger partial charge in [-0.3, -0.25) is 5.01 Å². The van der Waals surface area contributed by atoms with Crippen molar-refractivity contribution in [2.45, 2.75) is 0 Å².